The molecule has 0 aliphatic carbocycles. The fraction of sp³-hybridized carbons (Fsp3) is 0.389. The maximum atomic E-state index is 12.4. The summed E-state index contributed by atoms with van der Waals surface area (Å²) in [7, 11) is 0. The number of aromatic amines is 1. The van der Waals surface area contributed by atoms with Gasteiger partial charge in [0.05, 0.1) is 0 Å². The summed E-state index contributed by atoms with van der Waals surface area (Å²) in [5.41, 5.74) is 9.92. The van der Waals surface area contributed by atoms with Gasteiger partial charge in [-0.1, -0.05) is 0 Å². The standard InChI is InChI=1S/C18H19N5O4Se/c1-10-3-5-12(6-4-10)17(25)28-9-14-13(21-22-19)7-15(27-14)23-8-11(2)16(24)20-18(23)26/h3-6,8,13-15H,7,9H2,1-2H3,(H,20,24,26)/t13-,14+,15+/m0/s1. The zero-order valence-corrected chi connectivity index (χ0v) is 17.1. The van der Waals surface area contributed by atoms with Crippen LogP contribution in [0.1, 0.15) is 34.1 Å². The van der Waals surface area contributed by atoms with Gasteiger partial charge < -0.3 is 0 Å². The quantitative estimate of drug-likeness (QED) is 0.314. The molecular formula is C18H19N5O4Se. The molecule has 0 amide bonds. The summed E-state index contributed by atoms with van der Waals surface area (Å²) in [5, 5.41) is 4.21. The number of hydrogen-bond donors (Lipinski definition) is 1. The van der Waals surface area contributed by atoms with Crippen LogP contribution >= 0.6 is 0 Å². The zero-order valence-electron chi connectivity index (χ0n) is 15.4. The number of ether oxygens (including phenoxy) is 1. The number of nitrogens with zero attached hydrogens (tertiary/aromatic N) is 4. The molecule has 0 spiro atoms. The second-order valence-electron chi connectivity index (χ2n) is 6.58. The van der Waals surface area contributed by atoms with Gasteiger partial charge in [-0.05, 0) is 0 Å². The molecule has 3 atom stereocenters. The molecule has 1 saturated heterocycles. The third-order valence-corrected chi connectivity index (χ3v) is 6.61. The summed E-state index contributed by atoms with van der Waals surface area (Å²) in [6.45, 7) is 3.55. The normalized spacial score (nSPS) is 21.3. The molecule has 0 unspecified atom stereocenters. The van der Waals surface area contributed by atoms with Gasteiger partial charge in [0.2, 0.25) is 0 Å². The van der Waals surface area contributed by atoms with Crippen molar-refractivity contribution in [3.05, 3.63) is 78.4 Å². The Labute approximate surface area is 166 Å². The van der Waals surface area contributed by atoms with E-state index < -0.39 is 44.6 Å². The van der Waals surface area contributed by atoms with Gasteiger partial charge in [-0.3, -0.25) is 0 Å². The van der Waals surface area contributed by atoms with Crippen LogP contribution in [0.15, 0.2) is 45.2 Å². The van der Waals surface area contributed by atoms with Crippen LogP contribution in [0.5, 0.6) is 0 Å². The molecule has 0 bridgehead atoms. The fourth-order valence-corrected chi connectivity index (χ4v) is 4.88. The molecule has 1 fully saturated rings. The zero-order chi connectivity index (χ0) is 20.3. The molecule has 1 aromatic carbocycles. The van der Waals surface area contributed by atoms with Crippen LogP contribution in [0.25, 0.3) is 10.4 Å². The minimum atomic E-state index is -0.658. The van der Waals surface area contributed by atoms with Crippen molar-refractivity contribution in [2.45, 2.75) is 44.0 Å². The van der Waals surface area contributed by atoms with Crippen molar-refractivity contribution < 1.29 is 9.53 Å². The van der Waals surface area contributed by atoms with Gasteiger partial charge in [0.1, 0.15) is 0 Å². The maximum absolute atomic E-state index is 12.4. The Kier molecular flexibility index (Phi) is 6.16. The summed E-state index contributed by atoms with van der Waals surface area (Å²) in [5.74, 6) is 0. The van der Waals surface area contributed by atoms with Gasteiger partial charge in [-0.2, -0.15) is 0 Å². The molecule has 2 heterocycles. The second kappa shape index (κ2) is 8.58. The van der Waals surface area contributed by atoms with E-state index in [2.05, 4.69) is 15.0 Å². The monoisotopic (exact) mass is 449 g/mol. The van der Waals surface area contributed by atoms with Crippen LogP contribution in [0.4, 0.5) is 0 Å². The number of aromatic nitrogens is 2. The van der Waals surface area contributed by atoms with Crippen molar-refractivity contribution in [1.82, 2.24) is 9.55 Å². The first-order valence-corrected chi connectivity index (χ1v) is 10.7. The van der Waals surface area contributed by atoms with E-state index in [1.807, 2.05) is 19.1 Å². The Hall–Kier alpha value is -2.64. The van der Waals surface area contributed by atoms with Crippen molar-refractivity contribution in [2.24, 2.45) is 5.11 Å². The van der Waals surface area contributed by atoms with E-state index >= 15 is 0 Å². The first-order chi connectivity index (χ1) is 13.4. The van der Waals surface area contributed by atoms with E-state index in [1.54, 1.807) is 19.1 Å². The number of rotatable bonds is 6. The van der Waals surface area contributed by atoms with Crippen molar-refractivity contribution >= 4 is 19.6 Å². The first-order valence-electron chi connectivity index (χ1n) is 8.64. The van der Waals surface area contributed by atoms with Gasteiger partial charge >= 0.3 is 166 Å². The van der Waals surface area contributed by atoms with E-state index in [-0.39, 0.29) is 4.68 Å². The van der Waals surface area contributed by atoms with Gasteiger partial charge in [-0.15, -0.1) is 0 Å². The number of aryl methyl sites for hydroxylation is 2. The Morgan fingerprint density at radius 3 is 2.75 bits per heavy atom. The average molecular weight is 448 g/mol. The van der Waals surface area contributed by atoms with Crippen LogP contribution < -0.4 is 11.2 Å². The van der Waals surface area contributed by atoms with E-state index in [0.717, 1.165) is 5.56 Å². The number of carbonyl (C=O) groups is 1. The predicted molar refractivity (Wildman–Crippen MR) is 104 cm³/mol. The van der Waals surface area contributed by atoms with Crippen molar-refractivity contribution in [3.63, 3.8) is 0 Å². The molecule has 0 saturated carbocycles. The number of azide groups is 1. The molecule has 2 aromatic rings. The molecule has 3 rings (SSSR count). The number of carbonyl (C=O) groups excluding carboxylic acids is 1. The SMILES string of the molecule is Cc1ccc(C(=O)[Se]C[C@H]2O[C@@H](n3cc(C)c(=O)[nH]c3=O)C[C@@H]2N=[N+]=[N-])cc1. The summed E-state index contributed by atoms with van der Waals surface area (Å²) in [6, 6.07) is 6.89. The molecule has 9 nitrogen and oxygen atoms in total. The molecule has 146 valence electrons. The van der Waals surface area contributed by atoms with E-state index in [1.165, 1.54) is 10.8 Å². The molecule has 10 heteroatoms. The van der Waals surface area contributed by atoms with Crippen LogP contribution in [-0.4, -0.2) is 41.3 Å². The van der Waals surface area contributed by atoms with Gasteiger partial charge in [0.25, 0.3) is 0 Å². The van der Waals surface area contributed by atoms with E-state index in [0.29, 0.717) is 22.9 Å². The molecule has 1 aliphatic rings. The number of benzene rings is 1. The Morgan fingerprint density at radius 2 is 2.07 bits per heavy atom. The third kappa shape index (κ3) is 4.43. The third-order valence-electron chi connectivity index (χ3n) is 4.53. The average Bonchev–Trinajstić information content (AvgIpc) is 3.06. The first kappa shape index (κ1) is 20.1. The van der Waals surface area contributed by atoms with Gasteiger partial charge in [0, 0.05) is 0 Å². The number of nitrogens with one attached hydrogen (secondary N) is 1. The van der Waals surface area contributed by atoms with E-state index in [9.17, 15) is 14.4 Å². The van der Waals surface area contributed by atoms with Crippen molar-refractivity contribution in [2.75, 3.05) is 0 Å². The van der Waals surface area contributed by atoms with Gasteiger partial charge in [-0.25, -0.2) is 0 Å². The molecule has 1 N–H and O–H groups in total. The molecule has 0 radical (unpaired) electrons. The summed E-state index contributed by atoms with van der Waals surface area (Å²) < 4.78 is 7.27. The van der Waals surface area contributed by atoms with Crippen LogP contribution in [-0.2, 0) is 4.74 Å². The summed E-state index contributed by atoms with van der Waals surface area (Å²) >= 11 is -0.399. The minimum absolute atomic E-state index is 0.0382. The second-order valence-corrected chi connectivity index (χ2v) is 8.66. The summed E-state index contributed by atoms with van der Waals surface area (Å²) in [4.78, 5) is 41.2. The fourth-order valence-electron chi connectivity index (χ4n) is 2.95. The Balaban J connectivity index is 1.73. The number of hydrogen-bond acceptors (Lipinski definition) is 5. The molecular weight excluding hydrogens is 429 g/mol. The van der Waals surface area contributed by atoms with Crippen LogP contribution in [0.2, 0.25) is 5.32 Å². The van der Waals surface area contributed by atoms with Gasteiger partial charge in [0.15, 0.2) is 0 Å². The molecule has 1 aliphatic heterocycles. The summed E-state index contributed by atoms with van der Waals surface area (Å²) in [6.07, 6.45) is 0.613. The Morgan fingerprint density at radius 1 is 1.36 bits per heavy atom. The van der Waals surface area contributed by atoms with Crippen molar-refractivity contribution in [3.8, 4) is 0 Å². The predicted octanol–water partition coefficient (Wildman–Crippen LogP) is 2.08. The van der Waals surface area contributed by atoms with Crippen LogP contribution in [0.3, 0.4) is 0 Å². The molecule has 1 aromatic heterocycles. The van der Waals surface area contributed by atoms with Crippen LogP contribution in [0, 0.1) is 13.8 Å². The van der Waals surface area contributed by atoms with Crippen molar-refractivity contribution in [1.29, 1.82) is 0 Å². The topological polar surface area (TPSA) is 130 Å². The van der Waals surface area contributed by atoms with E-state index in [4.69, 9.17) is 10.3 Å². The Bertz CT molecular complexity index is 1040. The molecule has 28 heavy (non-hydrogen) atoms. The number of H-pyrrole nitrogens is 1.